The molecule has 0 heterocycles. The molecule has 0 fully saturated rings. The van der Waals surface area contributed by atoms with Crippen molar-refractivity contribution >= 4 is 0 Å². The van der Waals surface area contributed by atoms with Crippen LogP contribution >= 0.6 is 0 Å². The van der Waals surface area contributed by atoms with Crippen molar-refractivity contribution in [3.05, 3.63) is 30.3 Å². The zero-order valence-corrected chi connectivity index (χ0v) is 8.99. The SMILES string of the molecule is CCC(CC)NCOc1ccccc1. The van der Waals surface area contributed by atoms with Gasteiger partial charge < -0.3 is 4.74 Å². The van der Waals surface area contributed by atoms with E-state index in [0.717, 1.165) is 18.6 Å². The zero-order chi connectivity index (χ0) is 10.2. The summed E-state index contributed by atoms with van der Waals surface area (Å²) in [6.45, 7) is 4.96. The van der Waals surface area contributed by atoms with Crippen molar-refractivity contribution in [1.29, 1.82) is 0 Å². The number of rotatable bonds is 6. The van der Waals surface area contributed by atoms with Crippen LogP contribution < -0.4 is 10.1 Å². The van der Waals surface area contributed by atoms with E-state index in [1.54, 1.807) is 0 Å². The molecule has 0 saturated carbocycles. The topological polar surface area (TPSA) is 21.3 Å². The van der Waals surface area contributed by atoms with Crippen LogP contribution in [0.25, 0.3) is 0 Å². The number of benzene rings is 1. The second kappa shape index (κ2) is 6.44. The lowest BCUT2D eigenvalue weighted by molar-refractivity contribution is 0.257. The highest BCUT2D eigenvalue weighted by molar-refractivity contribution is 5.20. The van der Waals surface area contributed by atoms with Gasteiger partial charge in [0.15, 0.2) is 0 Å². The first kappa shape index (κ1) is 11.1. The van der Waals surface area contributed by atoms with Gasteiger partial charge in [0.05, 0.1) is 0 Å². The molecule has 0 unspecified atom stereocenters. The Kier molecular flexibility index (Phi) is 5.08. The van der Waals surface area contributed by atoms with Gasteiger partial charge in [0.1, 0.15) is 12.5 Å². The normalized spacial score (nSPS) is 10.5. The van der Waals surface area contributed by atoms with Crippen molar-refractivity contribution < 1.29 is 4.74 Å². The van der Waals surface area contributed by atoms with Gasteiger partial charge in [-0.3, -0.25) is 5.32 Å². The smallest absolute Gasteiger partial charge is 0.139 e. The summed E-state index contributed by atoms with van der Waals surface area (Å²) in [5, 5.41) is 3.35. The van der Waals surface area contributed by atoms with E-state index >= 15 is 0 Å². The molecule has 0 amide bonds. The van der Waals surface area contributed by atoms with Crippen LogP contribution in [0.3, 0.4) is 0 Å². The van der Waals surface area contributed by atoms with Crippen LogP contribution in [-0.2, 0) is 0 Å². The van der Waals surface area contributed by atoms with Crippen LogP contribution in [-0.4, -0.2) is 12.8 Å². The quantitative estimate of drug-likeness (QED) is 0.701. The molecule has 1 N–H and O–H groups in total. The molecule has 0 aromatic heterocycles. The fraction of sp³-hybridized carbons (Fsp3) is 0.500. The summed E-state index contributed by atoms with van der Waals surface area (Å²) in [6.07, 6.45) is 2.29. The molecule has 1 aromatic carbocycles. The summed E-state index contributed by atoms with van der Waals surface area (Å²) in [5.41, 5.74) is 0. The maximum atomic E-state index is 5.53. The Morgan fingerprint density at radius 2 is 1.79 bits per heavy atom. The van der Waals surface area contributed by atoms with Crippen molar-refractivity contribution in [3.63, 3.8) is 0 Å². The largest absolute Gasteiger partial charge is 0.478 e. The second-order valence-corrected chi connectivity index (χ2v) is 3.32. The number of hydrogen-bond donors (Lipinski definition) is 1. The monoisotopic (exact) mass is 193 g/mol. The molecule has 1 aromatic rings. The highest BCUT2D eigenvalue weighted by Gasteiger charge is 2.00. The minimum absolute atomic E-state index is 0.568. The summed E-state index contributed by atoms with van der Waals surface area (Å²) in [5.74, 6) is 0.922. The minimum atomic E-state index is 0.568. The first-order valence-electron chi connectivity index (χ1n) is 5.28. The Morgan fingerprint density at radius 1 is 1.14 bits per heavy atom. The molecule has 14 heavy (non-hydrogen) atoms. The van der Waals surface area contributed by atoms with Gasteiger partial charge in [-0.2, -0.15) is 0 Å². The highest BCUT2D eigenvalue weighted by atomic mass is 16.5. The van der Waals surface area contributed by atoms with Gasteiger partial charge in [0, 0.05) is 6.04 Å². The van der Waals surface area contributed by atoms with Gasteiger partial charge in [0.25, 0.3) is 0 Å². The van der Waals surface area contributed by atoms with Crippen LogP contribution in [0.1, 0.15) is 26.7 Å². The molecule has 0 aliphatic carbocycles. The van der Waals surface area contributed by atoms with Crippen LogP contribution in [0, 0.1) is 0 Å². The van der Waals surface area contributed by atoms with E-state index in [0.29, 0.717) is 12.8 Å². The Bertz CT molecular complexity index is 231. The van der Waals surface area contributed by atoms with Crippen molar-refractivity contribution in [3.8, 4) is 5.75 Å². The van der Waals surface area contributed by atoms with E-state index in [1.165, 1.54) is 0 Å². The lowest BCUT2D eigenvalue weighted by Crippen LogP contribution is -2.31. The van der Waals surface area contributed by atoms with Crippen LogP contribution in [0.15, 0.2) is 30.3 Å². The van der Waals surface area contributed by atoms with Crippen LogP contribution in [0.4, 0.5) is 0 Å². The van der Waals surface area contributed by atoms with E-state index in [4.69, 9.17) is 4.74 Å². The average molecular weight is 193 g/mol. The molecule has 2 heteroatoms. The van der Waals surface area contributed by atoms with Crippen LogP contribution in [0.2, 0.25) is 0 Å². The Hall–Kier alpha value is -1.02. The van der Waals surface area contributed by atoms with Crippen molar-refractivity contribution in [2.45, 2.75) is 32.7 Å². The predicted molar refractivity (Wildman–Crippen MR) is 59.4 cm³/mol. The molecule has 78 valence electrons. The maximum Gasteiger partial charge on any atom is 0.139 e. The Balaban J connectivity index is 2.21. The fourth-order valence-corrected chi connectivity index (χ4v) is 1.34. The number of nitrogens with one attached hydrogen (secondary N) is 1. The molecular formula is C12H19NO. The van der Waals surface area contributed by atoms with E-state index in [2.05, 4.69) is 19.2 Å². The molecule has 0 radical (unpaired) electrons. The fourth-order valence-electron chi connectivity index (χ4n) is 1.34. The van der Waals surface area contributed by atoms with E-state index in [1.807, 2.05) is 30.3 Å². The lowest BCUT2D eigenvalue weighted by Gasteiger charge is -2.15. The summed E-state index contributed by atoms with van der Waals surface area (Å²) >= 11 is 0. The molecule has 2 nitrogen and oxygen atoms in total. The van der Waals surface area contributed by atoms with Crippen LogP contribution in [0.5, 0.6) is 5.75 Å². The number of para-hydroxylation sites is 1. The summed E-state index contributed by atoms with van der Waals surface area (Å²) in [4.78, 5) is 0. The molecule has 0 aliphatic heterocycles. The molecule has 0 aliphatic rings. The van der Waals surface area contributed by atoms with Gasteiger partial charge in [0.2, 0.25) is 0 Å². The third kappa shape index (κ3) is 3.79. The second-order valence-electron chi connectivity index (χ2n) is 3.32. The van der Waals surface area contributed by atoms with Gasteiger partial charge in [-0.1, -0.05) is 32.0 Å². The third-order valence-corrected chi connectivity index (χ3v) is 2.34. The van der Waals surface area contributed by atoms with Gasteiger partial charge >= 0.3 is 0 Å². The van der Waals surface area contributed by atoms with Gasteiger partial charge in [-0.05, 0) is 25.0 Å². The average Bonchev–Trinajstić information content (AvgIpc) is 2.26. The van der Waals surface area contributed by atoms with E-state index in [-0.39, 0.29) is 0 Å². The van der Waals surface area contributed by atoms with Crippen molar-refractivity contribution in [2.75, 3.05) is 6.73 Å². The summed E-state index contributed by atoms with van der Waals surface area (Å²) < 4.78 is 5.53. The highest BCUT2D eigenvalue weighted by Crippen LogP contribution is 2.07. The molecule has 0 spiro atoms. The lowest BCUT2D eigenvalue weighted by atomic mass is 10.2. The Labute approximate surface area is 86.3 Å². The summed E-state index contributed by atoms with van der Waals surface area (Å²) in [7, 11) is 0. The van der Waals surface area contributed by atoms with Crippen molar-refractivity contribution in [2.24, 2.45) is 0 Å². The van der Waals surface area contributed by atoms with E-state index < -0.39 is 0 Å². The summed E-state index contributed by atoms with van der Waals surface area (Å²) in [6, 6.07) is 10.4. The number of hydrogen-bond acceptors (Lipinski definition) is 2. The maximum absolute atomic E-state index is 5.53. The molecule has 0 saturated heterocycles. The zero-order valence-electron chi connectivity index (χ0n) is 8.99. The first-order valence-corrected chi connectivity index (χ1v) is 5.28. The Morgan fingerprint density at radius 3 is 2.36 bits per heavy atom. The predicted octanol–water partition coefficient (Wildman–Crippen LogP) is 2.80. The van der Waals surface area contributed by atoms with E-state index in [9.17, 15) is 0 Å². The molecular weight excluding hydrogens is 174 g/mol. The van der Waals surface area contributed by atoms with Gasteiger partial charge in [-0.25, -0.2) is 0 Å². The molecule has 1 rings (SSSR count). The minimum Gasteiger partial charge on any atom is -0.478 e. The van der Waals surface area contributed by atoms with Gasteiger partial charge in [-0.15, -0.1) is 0 Å². The van der Waals surface area contributed by atoms with Crippen molar-refractivity contribution in [1.82, 2.24) is 5.32 Å². The standard InChI is InChI=1S/C12H19NO/c1-3-11(4-2)13-10-14-12-8-6-5-7-9-12/h5-9,11,13H,3-4,10H2,1-2H3. The number of ether oxygens (including phenoxy) is 1. The molecule has 0 atom stereocenters. The first-order chi connectivity index (χ1) is 6.86. The molecule has 0 bridgehead atoms. The third-order valence-electron chi connectivity index (χ3n) is 2.34.